The second kappa shape index (κ2) is 5.35. The van der Waals surface area contributed by atoms with Gasteiger partial charge in [0, 0.05) is 18.3 Å². The summed E-state index contributed by atoms with van der Waals surface area (Å²) in [4.78, 5) is 0. The normalized spacial score (nSPS) is 24.2. The molecule has 0 aromatic heterocycles. The van der Waals surface area contributed by atoms with Crippen LogP contribution in [0.25, 0.3) is 0 Å². The first-order valence-corrected chi connectivity index (χ1v) is 7.04. The summed E-state index contributed by atoms with van der Waals surface area (Å²) in [5, 5.41) is 18.6. The molecular weight excluding hydrogens is 262 g/mol. The van der Waals surface area contributed by atoms with Gasteiger partial charge < -0.3 is 19.5 Å². The number of rotatable bonds is 3. The smallest absolute Gasteiger partial charge is 0.491 e. The molecule has 3 rings (SSSR count). The van der Waals surface area contributed by atoms with E-state index < -0.39 is 12.9 Å². The minimum absolute atomic E-state index is 0.0213. The van der Waals surface area contributed by atoms with Crippen LogP contribution in [0, 0.1) is 5.82 Å². The van der Waals surface area contributed by atoms with Crippen molar-refractivity contribution in [3.63, 3.8) is 0 Å². The Bertz CT molecular complexity index is 490. The lowest BCUT2D eigenvalue weighted by Crippen LogP contribution is -2.49. The van der Waals surface area contributed by atoms with Crippen LogP contribution in [0.15, 0.2) is 18.2 Å². The average Bonchev–Trinajstić information content (AvgIpc) is 2.39. The molecule has 1 aliphatic heterocycles. The monoisotopic (exact) mass is 280 g/mol. The molecule has 1 saturated carbocycles. The van der Waals surface area contributed by atoms with E-state index in [1.54, 1.807) is 0 Å². The van der Waals surface area contributed by atoms with E-state index in [1.165, 1.54) is 18.6 Å². The number of ether oxygens (including phenoxy) is 2. The fourth-order valence-electron chi connectivity index (χ4n) is 3.01. The van der Waals surface area contributed by atoms with Crippen molar-refractivity contribution in [2.75, 3.05) is 6.61 Å². The second-order valence-electron chi connectivity index (χ2n) is 5.67. The molecule has 1 heterocycles. The highest BCUT2D eigenvalue weighted by molar-refractivity contribution is 6.59. The molecule has 20 heavy (non-hydrogen) atoms. The predicted molar refractivity (Wildman–Crippen MR) is 72.4 cm³/mol. The lowest BCUT2D eigenvalue weighted by Gasteiger charge is -2.47. The largest absolute Gasteiger partial charge is 0.492 e. The zero-order chi connectivity index (χ0) is 14.2. The maximum absolute atomic E-state index is 13.2. The molecular formula is C14H18BFO4. The predicted octanol–water partition coefficient (Wildman–Crippen LogP) is 0.986. The van der Waals surface area contributed by atoms with Gasteiger partial charge in [-0.3, -0.25) is 0 Å². The Labute approximate surface area is 117 Å². The molecule has 2 aliphatic rings. The fourth-order valence-corrected chi connectivity index (χ4v) is 3.01. The van der Waals surface area contributed by atoms with Gasteiger partial charge in [0.25, 0.3) is 0 Å². The molecule has 1 aliphatic carbocycles. The van der Waals surface area contributed by atoms with Gasteiger partial charge in [0.1, 0.15) is 17.7 Å². The van der Waals surface area contributed by atoms with Crippen LogP contribution in [0.5, 0.6) is 5.75 Å². The molecule has 2 fully saturated rings. The van der Waals surface area contributed by atoms with Gasteiger partial charge in [-0.05, 0) is 37.5 Å². The summed E-state index contributed by atoms with van der Waals surface area (Å²) < 4.78 is 24.9. The first-order valence-electron chi connectivity index (χ1n) is 7.04. The van der Waals surface area contributed by atoms with Gasteiger partial charge in [-0.2, -0.15) is 0 Å². The topological polar surface area (TPSA) is 58.9 Å². The van der Waals surface area contributed by atoms with E-state index in [0.717, 1.165) is 31.7 Å². The van der Waals surface area contributed by atoms with Gasteiger partial charge in [-0.1, -0.05) is 0 Å². The minimum atomic E-state index is -1.74. The van der Waals surface area contributed by atoms with Gasteiger partial charge in [0.05, 0.1) is 12.2 Å². The Balaban J connectivity index is 1.74. The van der Waals surface area contributed by atoms with E-state index in [0.29, 0.717) is 12.4 Å². The standard InChI is InChI=1S/C14H18BFO4/c16-10-2-3-13(12(8-10)15(17)18)20-11-4-7-19-14(9-11)5-1-6-14/h2-3,8,11,17-18H,1,4-7,9H2. The Morgan fingerprint density at radius 2 is 2.15 bits per heavy atom. The second-order valence-corrected chi connectivity index (χ2v) is 5.67. The van der Waals surface area contributed by atoms with Gasteiger partial charge >= 0.3 is 7.12 Å². The Kier molecular flexibility index (Phi) is 3.71. The fraction of sp³-hybridized carbons (Fsp3) is 0.571. The van der Waals surface area contributed by atoms with E-state index in [4.69, 9.17) is 9.47 Å². The summed E-state index contributed by atoms with van der Waals surface area (Å²) in [6.07, 6.45) is 4.86. The molecule has 1 saturated heterocycles. The third kappa shape index (κ3) is 2.68. The van der Waals surface area contributed by atoms with Crippen LogP contribution in [0.2, 0.25) is 0 Å². The van der Waals surface area contributed by atoms with Crippen molar-refractivity contribution in [2.45, 2.75) is 43.8 Å². The van der Waals surface area contributed by atoms with Crippen LogP contribution in [0.3, 0.4) is 0 Å². The maximum atomic E-state index is 13.2. The summed E-state index contributed by atoms with van der Waals surface area (Å²) in [5.74, 6) is -0.175. The maximum Gasteiger partial charge on any atom is 0.492 e. The summed E-state index contributed by atoms with van der Waals surface area (Å²) in [7, 11) is -1.74. The van der Waals surface area contributed by atoms with Gasteiger partial charge in [0.2, 0.25) is 0 Å². The lowest BCUT2D eigenvalue weighted by atomic mass is 9.74. The van der Waals surface area contributed by atoms with Crippen LogP contribution in [-0.2, 0) is 4.74 Å². The number of halogens is 1. The van der Waals surface area contributed by atoms with Crippen molar-refractivity contribution >= 4 is 12.6 Å². The molecule has 6 heteroatoms. The molecule has 1 atom stereocenters. The van der Waals surface area contributed by atoms with Crippen LogP contribution in [0.4, 0.5) is 4.39 Å². The minimum Gasteiger partial charge on any atom is -0.491 e. The number of benzene rings is 1. The van der Waals surface area contributed by atoms with Crippen molar-refractivity contribution in [2.24, 2.45) is 0 Å². The summed E-state index contributed by atoms with van der Waals surface area (Å²) in [5.41, 5.74) is 0.0279. The van der Waals surface area contributed by atoms with Crippen LogP contribution < -0.4 is 10.2 Å². The molecule has 0 amide bonds. The highest BCUT2D eigenvalue weighted by Crippen LogP contribution is 2.43. The van der Waals surface area contributed by atoms with Crippen LogP contribution in [-0.4, -0.2) is 35.5 Å². The van der Waals surface area contributed by atoms with Crippen molar-refractivity contribution in [3.8, 4) is 5.75 Å². The Morgan fingerprint density at radius 3 is 2.80 bits per heavy atom. The van der Waals surface area contributed by atoms with Gasteiger partial charge in [0.15, 0.2) is 0 Å². The molecule has 1 aromatic carbocycles. The molecule has 4 nitrogen and oxygen atoms in total. The molecule has 0 bridgehead atoms. The van der Waals surface area contributed by atoms with E-state index in [2.05, 4.69) is 0 Å². The SMILES string of the molecule is OB(O)c1cc(F)ccc1OC1CCOC2(CCC2)C1. The molecule has 2 N–H and O–H groups in total. The zero-order valence-corrected chi connectivity index (χ0v) is 11.2. The van der Waals surface area contributed by atoms with Crippen LogP contribution >= 0.6 is 0 Å². The molecule has 0 radical (unpaired) electrons. The zero-order valence-electron chi connectivity index (χ0n) is 11.2. The molecule has 1 spiro atoms. The average molecular weight is 280 g/mol. The number of hydrogen-bond donors (Lipinski definition) is 2. The van der Waals surface area contributed by atoms with Gasteiger partial charge in [-0.15, -0.1) is 0 Å². The van der Waals surface area contributed by atoms with Crippen LogP contribution in [0.1, 0.15) is 32.1 Å². The Hall–Kier alpha value is -1.11. The third-order valence-electron chi connectivity index (χ3n) is 4.26. The molecule has 1 unspecified atom stereocenters. The molecule has 1 aromatic rings. The highest BCUT2D eigenvalue weighted by Gasteiger charge is 2.43. The van der Waals surface area contributed by atoms with Crippen molar-refractivity contribution in [1.82, 2.24) is 0 Å². The van der Waals surface area contributed by atoms with E-state index in [1.807, 2.05) is 0 Å². The summed E-state index contributed by atoms with van der Waals surface area (Å²) >= 11 is 0. The quantitative estimate of drug-likeness (QED) is 0.810. The molecule has 108 valence electrons. The first-order chi connectivity index (χ1) is 9.58. The highest BCUT2D eigenvalue weighted by atomic mass is 19.1. The van der Waals surface area contributed by atoms with Crippen molar-refractivity contribution in [3.05, 3.63) is 24.0 Å². The summed E-state index contributed by atoms with van der Waals surface area (Å²) in [6, 6.07) is 3.81. The third-order valence-corrected chi connectivity index (χ3v) is 4.26. The number of hydrogen-bond acceptors (Lipinski definition) is 4. The van der Waals surface area contributed by atoms with Crippen molar-refractivity contribution < 1.29 is 23.9 Å². The van der Waals surface area contributed by atoms with Crippen molar-refractivity contribution in [1.29, 1.82) is 0 Å². The lowest BCUT2D eigenvalue weighted by molar-refractivity contribution is -0.153. The Morgan fingerprint density at radius 1 is 1.35 bits per heavy atom. The van der Waals surface area contributed by atoms with E-state index in [-0.39, 0.29) is 17.2 Å². The van der Waals surface area contributed by atoms with Gasteiger partial charge in [-0.25, -0.2) is 4.39 Å². The van der Waals surface area contributed by atoms with E-state index >= 15 is 0 Å². The first kappa shape index (κ1) is 13.9. The summed E-state index contributed by atoms with van der Waals surface area (Å²) in [6.45, 7) is 0.656. The van der Waals surface area contributed by atoms with E-state index in [9.17, 15) is 14.4 Å².